The van der Waals surface area contributed by atoms with E-state index in [1.165, 1.54) is 12.1 Å². The first-order chi connectivity index (χ1) is 20.5. The van der Waals surface area contributed by atoms with E-state index in [2.05, 4.69) is 10.4 Å². The van der Waals surface area contributed by atoms with Crippen molar-refractivity contribution >= 4 is 28.5 Å². The van der Waals surface area contributed by atoms with Gasteiger partial charge in [0.1, 0.15) is 5.60 Å². The molecule has 0 unspecified atom stereocenters. The number of carbonyl (C=O) groups is 2. The first-order valence-electron chi connectivity index (χ1n) is 13.9. The molecule has 0 spiro atoms. The first-order valence-corrected chi connectivity index (χ1v) is 13.9. The Morgan fingerprint density at radius 1 is 0.977 bits per heavy atom. The fraction of sp³-hybridized carbons (Fsp3) is 0.206. The summed E-state index contributed by atoms with van der Waals surface area (Å²) in [5.74, 6) is -0.605. The molecule has 0 saturated carbocycles. The van der Waals surface area contributed by atoms with Crippen molar-refractivity contribution in [1.29, 1.82) is 0 Å². The van der Waals surface area contributed by atoms with Crippen LogP contribution in [-0.4, -0.2) is 32.2 Å². The summed E-state index contributed by atoms with van der Waals surface area (Å²) in [6.45, 7) is 7.91. The van der Waals surface area contributed by atoms with Gasteiger partial charge in [0.15, 0.2) is 0 Å². The van der Waals surface area contributed by atoms with Gasteiger partial charge in [0, 0.05) is 23.1 Å². The predicted octanol–water partition coefficient (Wildman–Crippen LogP) is 7.11. The molecule has 218 valence electrons. The second kappa shape index (κ2) is 11.9. The van der Waals surface area contributed by atoms with Crippen LogP contribution in [0, 0.1) is 10.1 Å². The Balaban J connectivity index is 1.28. The van der Waals surface area contributed by atoms with Crippen LogP contribution in [0.4, 0.5) is 5.69 Å². The topological polar surface area (TPSA) is 116 Å². The fourth-order valence-corrected chi connectivity index (χ4v) is 4.81. The zero-order valence-corrected chi connectivity index (χ0v) is 24.4. The summed E-state index contributed by atoms with van der Waals surface area (Å²) in [6, 6.07) is 26.6. The third-order valence-corrected chi connectivity index (χ3v) is 7.00. The van der Waals surface area contributed by atoms with Gasteiger partial charge in [-0.15, -0.1) is 0 Å². The van der Waals surface area contributed by atoms with Crippen LogP contribution in [0.3, 0.4) is 0 Å². The molecule has 5 rings (SSSR count). The van der Waals surface area contributed by atoms with E-state index in [-0.39, 0.29) is 23.6 Å². The monoisotopic (exact) mass is 576 g/mol. The minimum absolute atomic E-state index is 0.00390. The molecule has 0 fully saturated rings. The molecule has 0 aliphatic carbocycles. The molecular weight excluding hydrogens is 544 g/mol. The quantitative estimate of drug-likeness (QED) is 0.120. The van der Waals surface area contributed by atoms with Crippen LogP contribution in [0.25, 0.3) is 22.0 Å². The van der Waals surface area contributed by atoms with E-state index in [1.54, 1.807) is 36.5 Å². The van der Waals surface area contributed by atoms with Crippen molar-refractivity contribution in [2.24, 2.45) is 0 Å². The van der Waals surface area contributed by atoms with Gasteiger partial charge in [-0.1, -0.05) is 54.6 Å². The maximum Gasteiger partial charge on any atom is 0.339 e. The molecule has 1 N–H and O–H groups in total. The van der Waals surface area contributed by atoms with E-state index in [1.807, 2.05) is 80.9 Å². The molecule has 0 aliphatic rings. The van der Waals surface area contributed by atoms with E-state index in [9.17, 15) is 19.7 Å². The summed E-state index contributed by atoms with van der Waals surface area (Å²) in [5, 5.41) is 19.2. The molecule has 0 saturated heterocycles. The average molecular weight is 577 g/mol. The number of nitro benzene ring substituents is 1. The lowest BCUT2D eigenvalue weighted by Crippen LogP contribution is -2.26. The molecule has 9 nitrogen and oxygen atoms in total. The minimum atomic E-state index is -0.584. The number of non-ortho nitro benzene ring substituents is 1. The van der Waals surface area contributed by atoms with Gasteiger partial charge in [-0.05, 0) is 74.2 Å². The van der Waals surface area contributed by atoms with Crippen molar-refractivity contribution in [1.82, 2.24) is 15.1 Å². The van der Waals surface area contributed by atoms with Gasteiger partial charge in [-0.2, -0.15) is 5.10 Å². The lowest BCUT2D eigenvalue weighted by molar-refractivity contribution is -0.384. The highest BCUT2D eigenvalue weighted by Crippen LogP contribution is 2.27. The third-order valence-electron chi connectivity index (χ3n) is 7.00. The van der Waals surface area contributed by atoms with Crippen LogP contribution in [-0.2, 0) is 11.3 Å². The number of esters is 1. The molecule has 0 radical (unpaired) electrons. The van der Waals surface area contributed by atoms with Crippen molar-refractivity contribution < 1.29 is 19.2 Å². The van der Waals surface area contributed by atoms with E-state index in [0.29, 0.717) is 17.7 Å². The summed E-state index contributed by atoms with van der Waals surface area (Å²) < 4.78 is 7.47. The van der Waals surface area contributed by atoms with Crippen molar-refractivity contribution in [3.8, 4) is 11.1 Å². The molecule has 1 amide bonds. The third kappa shape index (κ3) is 6.78. The summed E-state index contributed by atoms with van der Waals surface area (Å²) >= 11 is 0. The van der Waals surface area contributed by atoms with Crippen LogP contribution in [0.2, 0.25) is 0 Å². The second-order valence-corrected chi connectivity index (χ2v) is 11.4. The number of rotatable bonds is 8. The lowest BCUT2D eigenvalue weighted by atomic mass is 9.98. The van der Waals surface area contributed by atoms with Crippen LogP contribution in [0.5, 0.6) is 0 Å². The highest BCUT2D eigenvalue weighted by Gasteiger charge is 2.21. The Kier molecular flexibility index (Phi) is 8.07. The van der Waals surface area contributed by atoms with Gasteiger partial charge in [0.05, 0.1) is 34.8 Å². The second-order valence-electron chi connectivity index (χ2n) is 11.4. The maximum atomic E-state index is 13.0. The Morgan fingerprint density at radius 3 is 2.35 bits per heavy atom. The van der Waals surface area contributed by atoms with E-state index in [0.717, 1.165) is 33.2 Å². The molecular formula is C34H32N4O5. The normalized spacial score (nSPS) is 12.1. The number of hydrogen-bond acceptors (Lipinski definition) is 6. The molecule has 43 heavy (non-hydrogen) atoms. The number of carbonyl (C=O) groups excluding carboxylic acids is 2. The lowest BCUT2D eigenvalue weighted by Gasteiger charge is -2.20. The summed E-state index contributed by atoms with van der Waals surface area (Å²) in [7, 11) is 0. The van der Waals surface area contributed by atoms with Crippen LogP contribution < -0.4 is 5.32 Å². The summed E-state index contributed by atoms with van der Waals surface area (Å²) in [6.07, 6.45) is 1.73. The number of fused-ring (bicyclic) bond motifs is 1. The smallest absolute Gasteiger partial charge is 0.339 e. The zero-order valence-electron chi connectivity index (χ0n) is 24.4. The number of nitrogens with one attached hydrogen (secondary N) is 1. The maximum absolute atomic E-state index is 13.0. The van der Waals surface area contributed by atoms with E-state index in [4.69, 9.17) is 4.74 Å². The number of benzene rings is 4. The predicted molar refractivity (Wildman–Crippen MR) is 165 cm³/mol. The summed E-state index contributed by atoms with van der Waals surface area (Å²) in [5.41, 5.74) is 4.84. The number of hydrogen-bond donors (Lipinski definition) is 1. The summed E-state index contributed by atoms with van der Waals surface area (Å²) in [4.78, 5) is 36.2. The Labute approximate surface area is 249 Å². The molecule has 4 aromatic carbocycles. The highest BCUT2D eigenvalue weighted by molar-refractivity contribution is 5.98. The van der Waals surface area contributed by atoms with Gasteiger partial charge in [-0.25, -0.2) is 4.79 Å². The highest BCUT2D eigenvalue weighted by atomic mass is 16.6. The van der Waals surface area contributed by atoms with Crippen LogP contribution in [0.1, 0.15) is 65.6 Å². The van der Waals surface area contributed by atoms with Gasteiger partial charge in [0.25, 0.3) is 11.6 Å². The molecule has 1 heterocycles. The van der Waals surface area contributed by atoms with Gasteiger partial charge in [-0.3, -0.25) is 19.6 Å². The number of amides is 1. The Morgan fingerprint density at radius 2 is 1.67 bits per heavy atom. The van der Waals surface area contributed by atoms with Gasteiger partial charge in [0.2, 0.25) is 0 Å². The number of nitro groups is 1. The molecule has 1 aromatic heterocycles. The molecule has 1 atom stereocenters. The zero-order chi connectivity index (χ0) is 30.7. The van der Waals surface area contributed by atoms with Gasteiger partial charge < -0.3 is 10.1 Å². The Hall–Kier alpha value is -5.31. The molecule has 5 aromatic rings. The largest absolute Gasteiger partial charge is 0.456 e. The van der Waals surface area contributed by atoms with Crippen LogP contribution >= 0.6 is 0 Å². The van der Waals surface area contributed by atoms with Gasteiger partial charge >= 0.3 is 5.97 Å². The van der Waals surface area contributed by atoms with Crippen molar-refractivity contribution in [3.05, 3.63) is 130 Å². The van der Waals surface area contributed by atoms with E-state index < -0.39 is 10.5 Å². The number of nitrogens with zero attached hydrogens (tertiary/aromatic N) is 3. The van der Waals surface area contributed by atoms with Crippen molar-refractivity contribution in [3.63, 3.8) is 0 Å². The average Bonchev–Trinajstić information content (AvgIpc) is 3.38. The molecule has 9 heteroatoms. The fourth-order valence-electron chi connectivity index (χ4n) is 4.81. The molecule has 0 aliphatic heterocycles. The number of aromatic nitrogens is 2. The van der Waals surface area contributed by atoms with E-state index >= 15 is 0 Å². The van der Waals surface area contributed by atoms with Crippen LogP contribution in [0.15, 0.2) is 97.2 Å². The Bertz CT molecular complexity index is 1800. The SMILES string of the molecule is C[C@H](NC(=O)c1ccc2c(cnn2Cc2ccc(-c3ccccc3C(=O)OC(C)(C)C)cc2)c1)c1ccc([N+](=O)[O-])cc1. The minimum Gasteiger partial charge on any atom is -0.456 e. The standard InChI is InChI=1S/C34H32N4O5/c1-22(24-13-16-28(17-14-24)38(41)42)36-32(39)26-15-18-31-27(19-26)20-35-37(31)21-23-9-11-25(12-10-23)29-7-5-6-8-30(29)33(40)43-34(2,3)4/h5-20,22H,21H2,1-4H3,(H,36,39)/t22-/m0/s1. The first kappa shape index (κ1) is 29.2. The van der Waals surface area contributed by atoms with Crippen molar-refractivity contribution in [2.75, 3.05) is 0 Å². The molecule has 0 bridgehead atoms. The number of ether oxygens (including phenoxy) is 1. The van der Waals surface area contributed by atoms with Crippen molar-refractivity contribution in [2.45, 2.75) is 45.9 Å².